The summed E-state index contributed by atoms with van der Waals surface area (Å²) in [6.07, 6.45) is 0. The average Bonchev–Trinajstić information content (AvgIpc) is 1.81. The van der Waals surface area contributed by atoms with Crippen molar-refractivity contribution in [2.45, 2.75) is 6.92 Å². The molecule has 0 amide bonds. The monoisotopic (exact) mass is 203 g/mol. The van der Waals surface area contributed by atoms with E-state index in [0.717, 1.165) is 0 Å². The van der Waals surface area contributed by atoms with Crippen LogP contribution in [-0.2, 0) is 22.7 Å². The Balaban J connectivity index is 4.53. The second-order valence-corrected chi connectivity index (χ2v) is 6.92. The van der Waals surface area contributed by atoms with Crippen molar-refractivity contribution in [2.75, 3.05) is 12.5 Å². The van der Waals surface area contributed by atoms with Gasteiger partial charge in [0.05, 0.1) is 0 Å². The molecule has 11 heavy (non-hydrogen) atoms. The van der Waals surface area contributed by atoms with E-state index < -0.39 is 23.9 Å². The quantitative estimate of drug-likeness (QED) is 0.566. The van der Waals surface area contributed by atoms with Crippen LogP contribution in [0.1, 0.15) is 6.92 Å². The van der Waals surface area contributed by atoms with Gasteiger partial charge in [-0.2, -0.15) is 8.42 Å². The minimum atomic E-state index is -4.53. The molecule has 0 bridgehead atoms. The minimum absolute atomic E-state index is 0.120. The minimum Gasteiger partial charge on any atom is -0.365 e. The van der Waals surface area contributed by atoms with E-state index in [1.807, 2.05) is 0 Å². The van der Waals surface area contributed by atoms with E-state index in [1.165, 1.54) is 0 Å². The van der Waals surface area contributed by atoms with Gasteiger partial charge in [-0.3, -0.25) is 0 Å². The van der Waals surface area contributed by atoms with Crippen molar-refractivity contribution in [1.29, 1.82) is 0 Å². The number of nitrogens with two attached hydrogens (primary N) is 1. The Hall–Kier alpha value is -0.180. The molecule has 0 unspecified atom stereocenters. The maximum absolute atomic E-state index is 10.6. The lowest BCUT2D eigenvalue weighted by molar-refractivity contribution is 0.193. The molecule has 8 heteroatoms. The van der Waals surface area contributed by atoms with E-state index in [0.29, 0.717) is 0 Å². The first kappa shape index (κ1) is 10.8. The lowest BCUT2D eigenvalue weighted by Crippen LogP contribution is -2.27. The molecule has 0 aliphatic rings. The molecular weight excluding hydrogens is 194 g/mol. The van der Waals surface area contributed by atoms with Gasteiger partial charge in [-0.1, -0.05) is 0 Å². The normalized spacial score (nSPS) is 13.3. The fourth-order valence-electron chi connectivity index (χ4n) is 0.252. The Labute approximate surface area is 64.7 Å². The highest BCUT2D eigenvalue weighted by Crippen LogP contribution is 1.97. The van der Waals surface area contributed by atoms with Crippen LogP contribution in [0.3, 0.4) is 0 Å². The van der Waals surface area contributed by atoms with Crippen molar-refractivity contribution < 1.29 is 21.6 Å². The van der Waals surface area contributed by atoms with Crippen LogP contribution in [0, 0.1) is 0 Å². The topological polar surface area (TPSA) is 104 Å². The van der Waals surface area contributed by atoms with Crippen molar-refractivity contribution in [3.63, 3.8) is 0 Å². The fourth-order valence-corrected chi connectivity index (χ4v) is 1.36. The largest absolute Gasteiger partial charge is 0.365 e. The Morgan fingerprint density at radius 1 is 1.27 bits per heavy atom. The predicted molar refractivity (Wildman–Crippen MR) is 38.5 cm³/mol. The maximum Gasteiger partial charge on any atom is 0.317 e. The summed E-state index contributed by atoms with van der Waals surface area (Å²) in [6.45, 7) is 1.66. The second kappa shape index (κ2) is 3.48. The van der Waals surface area contributed by atoms with Crippen molar-refractivity contribution in [2.24, 2.45) is 5.14 Å². The summed E-state index contributed by atoms with van der Waals surface area (Å²) in [4.78, 5) is 0. The van der Waals surface area contributed by atoms with E-state index in [-0.39, 0.29) is 6.61 Å². The molecule has 0 aromatic rings. The van der Waals surface area contributed by atoms with Crippen LogP contribution >= 0.6 is 0 Å². The molecule has 0 fully saturated rings. The highest BCUT2D eigenvalue weighted by molar-refractivity contribution is 8.66. The Morgan fingerprint density at radius 2 is 1.73 bits per heavy atom. The summed E-state index contributed by atoms with van der Waals surface area (Å²) >= 11 is 0. The third-order valence-corrected chi connectivity index (χ3v) is 4.36. The second-order valence-electron chi connectivity index (χ2n) is 1.66. The maximum atomic E-state index is 10.6. The summed E-state index contributed by atoms with van der Waals surface area (Å²) in [7, 11) is -8.86. The zero-order valence-electron chi connectivity index (χ0n) is 5.85. The molecule has 0 saturated carbocycles. The molecule has 6 nitrogen and oxygen atoms in total. The SMILES string of the molecule is CCOCS(=O)(=O)S(N)(=O)=O. The zero-order chi connectivity index (χ0) is 9.12. The van der Waals surface area contributed by atoms with Crippen LogP contribution in [0.25, 0.3) is 0 Å². The first-order valence-corrected chi connectivity index (χ1v) is 6.36. The number of hydrogen-bond donors (Lipinski definition) is 1. The van der Waals surface area contributed by atoms with Gasteiger partial charge >= 0.3 is 9.06 Å². The number of hydrogen-bond acceptors (Lipinski definition) is 5. The van der Waals surface area contributed by atoms with Crippen LogP contribution in [-0.4, -0.2) is 29.4 Å². The molecule has 0 rings (SSSR count). The van der Waals surface area contributed by atoms with E-state index in [4.69, 9.17) is 0 Å². The van der Waals surface area contributed by atoms with Crippen LogP contribution in [0.4, 0.5) is 0 Å². The van der Waals surface area contributed by atoms with E-state index in [2.05, 4.69) is 9.88 Å². The van der Waals surface area contributed by atoms with Crippen LogP contribution in [0.2, 0.25) is 0 Å². The molecule has 0 aliphatic carbocycles. The average molecular weight is 203 g/mol. The van der Waals surface area contributed by atoms with Gasteiger partial charge in [0.15, 0.2) is 5.94 Å². The van der Waals surface area contributed by atoms with Gasteiger partial charge in [0, 0.05) is 6.61 Å². The highest BCUT2D eigenvalue weighted by Gasteiger charge is 2.24. The predicted octanol–water partition coefficient (Wildman–Crippen LogP) is -1.40. The Bertz CT molecular complexity index is 301. The molecule has 0 heterocycles. The molecule has 2 N–H and O–H groups in total. The molecule has 0 saturated heterocycles. The molecule has 68 valence electrons. The van der Waals surface area contributed by atoms with Gasteiger partial charge in [-0.25, -0.2) is 13.6 Å². The molecule has 0 aliphatic heterocycles. The van der Waals surface area contributed by atoms with Crippen molar-refractivity contribution in [1.82, 2.24) is 0 Å². The summed E-state index contributed by atoms with van der Waals surface area (Å²) in [5.74, 6) is -0.887. The molecule has 0 aromatic heterocycles. The number of ether oxygens (including phenoxy) is 1. The fraction of sp³-hybridized carbons (Fsp3) is 1.00. The lowest BCUT2D eigenvalue weighted by Gasteiger charge is -1.99. The lowest BCUT2D eigenvalue weighted by atomic mass is 10.9. The molecule has 0 atom stereocenters. The van der Waals surface area contributed by atoms with Crippen LogP contribution in [0.5, 0.6) is 0 Å². The Kier molecular flexibility index (Phi) is 3.42. The van der Waals surface area contributed by atoms with Gasteiger partial charge < -0.3 is 4.74 Å². The van der Waals surface area contributed by atoms with E-state index in [9.17, 15) is 16.8 Å². The third-order valence-electron chi connectivity index (χ3n) is 0.786. The van der Waals surface area contributed by atoms with Gasteiger partial charge in [0.2, 0.25) is 0 Å². The first-order valence-electron chi connectivity index (χ1n) is 2.64. The van der Waals surface area contributed by atoms with Gasteiger partial charge in [-0.15, -0.1) is 0 Å². The van der Waals surface area contributed by atoms with Gasteiger partial charge in [0.25, 0.3) is 8.87 Å². The van der Waals surface area contributed by atoms with Crippen molar-refractivity contribution in [3.05, 3.63) is 0 Å². The molecular formula is C3H9NO5S2. The van der Waals surface area contributed by atoms with Crippen molar-refractivity contribution in [3.8, 4) is 0 Å². The van der Waals surface area contributed by atoms with Crippen LogP contribution < -0.4 is 5.14 Å². The van der Waals surface area contributed by atoms with E-state index >= 15 is 0 Å². The molecule has 0 radical (unpaired) electrons. The third kappa shape index (κ3) is 3.14. The highest BCUT2D eigenvalue weighted by atomic mass is 33.2. The van der Waals surface area contributed by atoms with E-state index in [1.54, 1.807) is 6.92 Å². The number of rotatable bonds is 4. The molecule has 0 spiro atoms. The smallest absolute Gasteiger partial charge is 0.317 e. The zero-order valence-corrected chi connectivity index (χ0v) is 7.48. The van der Waals surface area contributed by atoms with Crippen LogP contribution in [0.15, 0.2) is 0 Å². The summed E-state index contributed by atoms with van der Waals surface area (Å²) in [5.41, 5.74) is 0. The standard InChI is InChI=1S/C3H9NO5S2/c1-2-9-3-10(5,6)11(4,7)8/h2-3H2,1H3,(H2,4,7,8). The van der Waals surface area contributed by atoms with Gasteiger partial charge in [0.1, 0.15) is 0 Å². The van der Waals surface area contributed by atoms with Gasteiger partial charge in [-0.05, 0) is 6.92 Å². The summed E-state index contributed by atoms with van der Waals surface area (Å²) in [6, 6.07) is 0. The van der Waals surface area contributed by atoms with Crippen molar-refractivity contribution >= 4 is 17.9 Å². The molecule has 0 aromatic carbocycles. The summed E-state index contributed by atoms with van der Waals surface area (Å²) < 4.78 is 46.1. The summed E-state index contributed by atoms with van der Waals surface area (Å²) in [5, 5.41) is 4.36. The Morgan fingerprint density at radius 3 is 2.00 bits per heavy atom. The first-order chi connectivity index (χ1) is 4.81.